The Morgan fingerprint density at radius 2 is 0.559 bits per heavy atom. The molecule has 0 fully saturated rings. The number of rotatable bonds is 10. The Balaban J connectivity index is 1.10. The maximum atomic E-state index is 10.3. The predicted molar refractivity (Wildman–Crippen MR) is 272 cm³/mol. The standard InChI is InChI=1S/C61H39N7/c62-40-48-28-13-14-31-49(48)46-36-37-50(45-29-19-30-47(38-45)60-65-56(41-20-5-1-6-21-41)63-57(66-60)42-22-7-2-8-23-42)55(39-46)53-34-16-15-32-51(53)52-33-17-18-35-54(52)61-67-58(43-24-9-3-10-25-43)64-59(68-61)44-26-11-4-12-27-44/h1-39H. The first kappa shape index (κ1) is 41.2. The summed E-state index contributed by atoms with van der Waals surface area (Å²) in [5.41, 5.74) is 13.6. The lowest BCUT2D eigenvalue weighted by Crippen LogP contribution is -2.01. The summed E-state index contributed by atoms with van der Waals surface area (Å²) >= 11 is 0. The summed E-state index contributed by atoms with van der Waals surface area (Å²) in [5, 5.41) is 10.3. The molecule has 0 aliphatic carbocycles. The molecule has 9 aromatic carbocycles. The third kappa shape index (κ3) is 8.33. The molecule has 0 bridgehead atoms. The van der Waals surface area contributed by atoms with E-state index in [2.05, 4.69) is 84.9 Å². The molecule has 0 aliphatic rings. The van der Waals surface area contributed by atoms with Crippen molar-refractivity contribution in [2.45, 2.75) is 0 Å². The van der Waals surface area contributed by atoms with Crippen LogP contribution in [0.25, 0.3) is 113 Å². The van der Waals surface area contributed by atoms with Crippen molar-refractivity contribution < 1.29 is 0 Å². The van der Waals surface area contributed by atoms with Crippen LogP contribution in [-0.2, 0) is 0 Å². The zero-order valence-corrected chi connectivity index (χ0v) is 36.6. The molecular weight excluding hydrogens is 831 g/mol. The van der Waals surface area contributed by atoms with Crippen LogP contribution in [0.2, 0.25) is 0 Å². The van der Waals surface area contributed by atoms with Gasteiger partial charge in [-0.3, -0.25) is 0 Å². The highest BCUT2D eigenvalue weighted by Crippen LogP contribution is 2.44. The molecule has 0 amide bonds. The molecular formula is C61H39N7. The lowest BCUT2D eigenvalue weighted by atomic mass is 9.85. The third-order valence-corrected chi connectivity index (χ3v) is 11.9. The highest BCUT2D eigenvalue weighted by Gasteiger charge is 2.21. The molecule has 0 atom stereocenters. The van der Waals surface area contributed by atoms with E-state index in [4.69, 9.17) is 29.9 Å². The molecule has 0 radical (unpaired) electrons. The molecule has 11 rings (SSSR count). The van der Waals surface area contributed by atoms with Gasteiger partial charge in [-0.05, 0) is 62.7 Å². The monoisotopic (exact) mass is 869 g/mol. The Kier molecular flexibility index (Phi) is 11.2. The molecule has 11 aromatic rings. The normalized spacial score (nSPS) is 10.9. The van der Waals surface area contributed by atoms with Gasteiger partial charge in [0, 0.05) is 33.4 Å². The van der Waals surface area contributed by atoms with Crippen molar-refractivity contribution in [1.82, 2.24) is 29.9 Å². The highest BCUT2D eigenvalue weighted by molar-refractivity contribution is 5.97. The number of aromatic nitrogens is 6. The lowest BCUT2D eigenvalue weighted by Gasteiger charge is -2.19. The fourth-order valence-electron chi connectivity index (χ4n) is 8.58. The minimum Gasteiger partial charge on any atom is -0.208 e. The molecule has 2 aromatic heterocycles. The van der Waals surface area contributed by atoms with Gasteiger partial charge in [-0.15, -0.1) is 0 Å². The molecule has 2 heterocycles. The van der Waals surface area contributed by atoms with Crippen molar-refractivity contribution >= 4 is 0 Å². The average Bonchev–Trinajstić information content (AvgIpc) is 3.43. The largest absolute Gasteiger partial charge is 0.208 e. The van der Waals surface area contributed by atoms with Crippen LogP contribution in [0, 0.1) is 11.3 Å². The second-order valence-electron chi connectivity index (χ2n) is 16.2. The van der Waals surface area contributed by atoms with Crippen molar-refractivity contribution in [3.63, 3.8) is 0 Å². The van der Waals surface area contributed by atoms with Gasteiger partial charge in [-0.25, -0.2) is 29.9 Å². The number of nitrogens with zero attached hydrogens (tertiary/aromatic N) is 7. The molecule has 7 nitrogen and oxygen atoms in total. The van der Waals surface area contributed by atoms with Gasteiger partial charge in [0.2, 0.25) is 0 Å². The Hall–Kier alpha value is -9.51. The van der Waals surface area contributed by atoms with E-state index in [-0.39, 0.29) is 0 Å². The average molecular weight is 870 g/mol. The van der Waals surface area contributed by atoms with E-state index in [0.717, 1.165) is 77.9 Å². The molecule has 0 saturated heterocycles. The van der Waals surface area contributed by atoms with Crippen LogP contribution in [-0.4, -0.2) is 29.9 Å². The first-order chi connectivity index (χ1) is 33.7. The Labute approximate surface area is 394 Å². The SMILES string of the molecule is N#Cc1ccccc1-c1ccc(-c2cccc(-c3nc(-c4ccccc4)nc(-c4ccccc4)n3)c2)c(-c2ccccc2-c2ccccc2-c2nc(-c3ccccc3)nc(-c3ccccc3)n2)c1. The van der Waals surface area contributed by atoms with Crippen LogP contribution in [0.15, 0.2) is 237 Å². The number of hydrogen-bond donors (Lipinski definition) is 0. The van der Waals surface area contributed by atoms with Crippen LogP contribution in [0.5, 0.6) is 0 Å². The zero-order valence-electron chi connectivity index (χ0n) is 36.6. The summed E-state index contributed by atoms with van der Waals surface area (Å²) in [6.45, 7) is 0. The smallest absolute Gasteiger partial charge is 0.164 e. The van der Waals surface area contributed by atoms with Crippen LogP contribution < -0.4 is 0 Å². The predicted octanol–water partition coefficient (Wildman–Crippen LogP) is 14.6. The van der Waals surface area contributed by atoms with E-state index >= 15 is 0 Å². The molecule has 318 valence electrons. The minimum atomic E-state index is 0.565. The van der Waals surface area contributed by atoms with Crippen molar-refractivity contribution in [2.75, 3.05) is 0 Å². The summed E-state index contributed by atoms with van der Waals surface area (Å²) in [5.74, 6) is 3.51. The number of nitriles is 1. The Morgan fingerprint density at radius 1 is 0.221 bits per heavy atom. The molecule has 0 aliphatic heterocycles. The van der Waals surface area contributed by atoms with Gasteiger partial charge in [0.1, 0.15) is 0 Å². The molecule has 68 heavy (non-hydrogen) atoms. The summed E-state index contributed by atoms with van der Waals surface area (Å²) < 4.78 is 0. The van der Waals surface area contributed by atoms with Gasteiger partial charge in [0.05, 0.1) is 11.6 Å². The van der Waals surface area contributed by atoms with Gasteiger partial charge < -0.3 is 0 Å². The maximum absolute atomic E-state index is 10.3. The van der Waals surface area contributed by atoms with E-state index in [0.29, 0.717) is 40.5 Å². The van der Waals surface area contributed by atoms with Gasteiger partial charge in [0.15, 0.2) is 34.9 Å². The van der Waals surface area contributed by atoms with E-state index in [1.54, 1.807) is 0 Å². The maximum Gasteiger partial charge on any atom is 0.164 e. The first-order valence-corrected chi connectivity index (χ1v) is 22.3. The van der Waals surface area contributed by atoms with Gasteiger partial charge in [-0.2, -0.15) is 5.26 Å². The molecule has 0 spiro atoms. The minimum absolute atomic E-state index is 0.565. The van der Waals surface area contributed by atoms with Crippen molar-refractivity contribution in [2.24, 2.45) is 0 Å². The fraction of sp³-hybridized carbons (Fsp3) is 0. The third-order valence-electron chi connectivity index (χ3n) is 11.9. The van der Waals surface area contributed by atoms with Gasteiger partial charge >= 0.3 is 0 Å². The molecule has 7 heteroatoms. The second-order valence-corrected chi connectivity index (χ2v) is 16.2. The Bertz CT molecular complexity index is 3510. The van der Waals surface area contributed by atoms with E-state index in [1.165, 1.54) is 0 Å². The van der Waals surface area contributed by atoms with Crippen molar-refractivity contribution in [3.8, 4) is 119 Å². The fourth-order valence-corrected chi connectivity index (χ4v) is 8.58. The number of benzene rings is 9. The second kappa shape index (κ2) is 18.5. The van der Waals surface area contributed by atoms with E-state index in [9.17, 15) is 5.26 Å². The van der Waals surface area contributed by atoms with Crippen molar-refractivity contribution in [3.05, 3.63) is 242 Å². The highest BCUT2D eigenvalue weighted by atomic mass is 15.0. The topological polar surface area (TPSA) is 101 Å². The molecule has 0 unspecified atom stereocenters. The quantitative estimate of drug-likeness (QED) is 0.135. The van der Waals surface area contributed by atoms with Crippen molar-refractivity contribution in [1.29, 1.82) is 5.26 Å². The summed E-state index contributed by atoms with van der Waals surface area (Å²) in [6, 6.07) is 81.8. The van der Waals surface area contributed by atoms with E-state index < -0.39 is 0 Å². The van der Waals surface area contributed by atoms with Gasteiger partial charge in [-0.1, -0.05) is 218 Å². The summed E-state index contributed by atoms with van der Waals surface area (Å²) in [7, 11) is 0. The lowest BCUT2D eigenvalue weighted by molar-refractivity contribution is 1.07. The van der Waals surface area contributed by atoms with Gasteiger partial charge in [0.25, 0.3) is 0 Å². The number of hydrogen-bond acceptors (Lipinski definition) is 7. The summed E-state index contributed by atoms with van der Waals surface area (Å²) in [6.07, 6.45) is 0. The van der Waals surface area contributed by atoms with E-state index in [1.807, 2.05) is 158 Å². The molecule has 0 saturated carbocycles. The van der Waals surface area contributed by atoms with Crippen LogP contribution >= 0.6 is 0 Å². The Morgan fingerprint density at radius 3 is 1.04 bits per heavy atom. The zero-order chi connectivity index (χ0) is 45.7. The first-order valence-electron chi connectivity index (χ1n) is 22.3. The van der Waals surface area contributed by atoms with Crippen LogP contribution in [0.4, 0.5) is 0 Å². The van der Waals surface area contributed by atoms with Crippen LogP contribution in [0.1, 0.15) is 5.56 Å². The van der Waals surface area contributed by atoms with Crippen LogP contribution in [0.3, 0.4) is 0 Å². The summed E-state index contributed by atoms with van der Waals surface area (Å²) in [4.78, 5) is 30.3. The molecule has 0 N–H and O–H groups in total.